The summed E-state index contributed by atoms with van der Waals surface area (Å²) in [5.41, 5.74) is 7.84. The van der Waals surface area contributed by atoms with Crippen LogP contribution in [0.15, 0.2) is 12.1 Å². The Morgan fingerprint density at radius 2 is 2.00 bits per heavy atom. The second-order valence-electron chi connectivity index (χ2n) is 4.58. The lowest BCUT2D eigenvalue weighted by molar-refractivity contribution is 0.399. The van der Waals surface area contributed by atoms with E-state index >= 15 is 0 Å². The fourth-order valence-corrected chi connectivity index (χ4v) is 2.01. The number of methoxy groups -OCH3 is 1. The maximum absolute atomic E-state index is 6.01. The number of aryl methyl sites for hydroxylation is 1. The molecular weight excluding hydrogens is 210 g/mol. The van der Waals surface area contributed by atoms with Crippen LogP contribution in [0.3, 0.4) is 0 Å². The van der Waals surface area contributed by atoms with Crippen molar-refractivity contribution in [3.63, 3.8) is 0 Å². The van der Waals surface area contributed by atoms with Gasteiger partial charge >= 0.3 is 0 Å². The largest absolute Gasteiger partial charge is 0.496 e. The first-order valence-corrected chi connectivity index (χ1v) is 5.33. The molecule has 0 aliphatic carbocycles. The average molecular weight is 228 g/mol. The second kappa shape index (κ2) is 4.42. The Morgan fingerprint density at radius 3 is 2.47 bits per heavy atom. The molecule has 1 aromatic carbocycles. The highest BCUT2D eigenvalue weighted by molar-refractivity contribution is 6.30. The van der Waals surface area contributed by atoms with Gasteiger partial charge in [-0.15, -0.1) is 0 Å². The average Bonchev–Trinajstić information content (AvgIpc) is 1.99. The van der Waals surface area contributed by atoms with Crippen molar-refractivity contribution in [2.24, 2.45) is 5.73 Å². The van der Waals surface area contributed by atoms with E-state index in [1.54, 1.807) is 7.11 Å². The summed E-state index contributed by atoms with van der Waals surface area (Å²) in [6.45, 7) is 5.96. The smallest absolute Gasteiger partial charge is 0.125 e. The van der Waals surface area contributed by atoms with Gasteiger partial charge in [-0.25, -0.2) is 0 Å². The van der Waals surface area contributed by atoms with Gasteiger partial charge in [-0.1, -0.05) is 11.6 Å². The van der Waals surface area contributed by atoms with Gasteiger partial charge in [0.2, 0.25) is 0 Å². The monoisotopic (exact) mass is 227 g/mol. The minimum atomic E-state index is -0.260. The Morgan fingerprint density at radius 1 is 1.40 bits per heavy atom. The molecule has 3 heteroatoms. The Labute approximate surface area is 96.4 Å². The zero-order chi connectivity index (χ0) is 11.6. The van der Waals surface area contributed by atoms with Crippen LogP contribution in [0.1, 0.15) is 25.0 Å². The van der Waals surface area contributed by atoms with Crippen molar-refractivity contribution < 1.29 is 4.74 Å². The van der Waals surface area contributed by atoms with Gasteiger partial charge in [0.05, 0.1) is 7.11 Å². The highest BCUT2D eigenvalue weighted by Crippen LogP contribution is 2.29. The van der Waals surface area contributed by atoms with Crippen LogP contribution in [-0.2, 0) is 6.42 Å². The third-order valence-electron chi connectivity index (χ3n) is 2.17. The van der Waals surface area contributed by atoms with Gasteiger partial charge in [0.1, 0.15) is 5.75 Å². The molecule has 0 aliphatic heterocycles. The van der Waals surface area contributed by atoms with Crippen LogP contribution in [0.5, 0.6) is 5.75 Å². The SMILES string of the molecule is COc1c(C)cc(Cl)cc1CC(C)(C)N. The Kier molecular flexibility index (Phi) is 3.63. The fraction of sp³-hybridized carbons (Fsp3) is 0.500. The van der Waals surface area contributed by atoms with Crippen LogP contribution < -0.4 is 10.5 Å². The molecule has 0 heterocycles. The summed E-state index contributed by atoms with van der Waals surface area (Å²) in [5, 5.41) is 0.729. The van der Waals surface area contributed by atoms with Gasteiger partial charge in [0, 0.05) is 10.6 Å². The molecule has 0 fully saturated rings. The van der Waals surface area contributed by atoms with Crippen LogP contribution >= 0.6 is 11.6 Å². The molecule has 0 saturated heterocycles. The van der Waals surface area contributed by atoms with Gasteiger partial charge in [0.25, 0.3) is 0 Å². The van der Waals surface area contributed by atoms with Gasteiger partial charge in [-0.3, -0.25) is 0 Å². The third kappa shape index (κ3) is 3.40. The third-order valence-corrected chi connectivity index (χ3v) is 2.38. The lowest BCUT2D eigenvalue weighted by Gasteiger charge is -2.21. The summed E-state index contributed by atoms with van der Waals surface area (Å²) in [6, 6.07) is 3.81. The molecule has 0 amide bonds. The van der Waals surface area contributed by atoms with Gasteiger partial charge in [-0.2, -0.15) is 0 Å². The minimum Gasteiger partial charge on any atom is -0.496 e. The second-order valence-corrected chi connectivity index (χ2v) is 5.02. The number of hydrogen-bond acceptors (Lipinski definition) is 2. The normalized spacial score (nSPS) is 11.6. The molecule has 1 rings (SSSR count). The molecule has 2 N–H and O–H groups in total. The molecule has 0 bridgehead atoms. The highest BCUT2D eigenvalue weighted by Gasteiger charge is 2.16. The van der Waals surface area contributed by atoms with Crippen molar-refractivity contribution >= 4 is 11.6 Å². The van der Waals surface area contributed by atoms with E-state index in [0.29, 0.717) is 0 Å². The number of nitrogens with two attached hydrogens (primary N) is 1. The van der Waals surface area contributed by atoms with Crippen molar-refractivity contribution in [3.05, 3.63) is 28.3 Å². The van der Waals surface area contributed by atoms with E-state index in [4.69, 9.17) is 22.1 Å². The maximum Gasteiger partial charge on any atom is 0.125 e. The van der Waals surface area contributed by atoms with E-state index in [0.717, 1.165) is 28.3 Å². The standard InChI is InChI=1S/C12H18ClNO/c1-8-5-10(13)6-9(11(8)15-4)7-12(2,3)14/h5-6H,7,14H2,1-4H3. The Bertz CT molecular complexity index is 355. The first-order chi connectivity index (χ1) is 6.83. The van der Waals surface area contributed by atoms with Crippen molar-refractivity contribution in [3.8, 4) is 5.75 Å². The zero-order valence-corrected chi connectivity index (χ0v) is 10.5. The lowest BCUT2D eigenvalue weighted by atomic mass is 9.94. The summed E-state index contributed by atoms with van der Waals surface area (Å²) in [4.78, 5) is 0. The van der Waals surface area contributed by atoms with Crippen molar-refractivity contribution in [1.82, 2.24) is 0 Å². The molecule has 84 valence electrons. The molecule has 2 nitrogen and oxygen atoms in total. The minimum absolute atomic E-state index is 0.260. The van der Waals surface area contributed by atoms with E-state index in [2.05, 4.69) is 0 Å². The van der Waals surface area contributed by atoms with E-state index in [1.807, 2.05) is 32.9 Å². The molecule has 0 aromatic heterocycles. The molecule has 1 aromatic rings. The van der Waals surface area contributed by atoms with Crippen molar-refractivity contribution in [1.29, 1.82) is 0 Å². The molecule has 0 aliphatic rings. The highest BCUT2D eigenvalue weighted by atomic mass is 35.5. The lowest BCUT2D eigenvalue weighted by Crippen LogP contribution is -2.34. The maximum atomic E-state index is 6.01. The molecule has 0 unspecified atom stereocenters. The summed E-state index contributed by atoms with van der Waals surface area (Å²) >= 11 is 6.01. The quantitative estimate of drug-likeness (QED) is 0.862. The van der Waals surface area contributed by atoms with Crippen LogP contribution in [0.2, 0.25) is 5.02 Å². The van der Waals surface area contributed by atoms with Crippen molar-refractivity contribution in [2.75, 3.05) is 7.11 Å². The van der Waals surface area contributed by atoms with Crippen LogP contribution in [0.25, 0.3) is 0 Å². The van der Waals surface area contributed by atoms with Gasteiger partial charge in [0.15, 0.2) is 0 Å². The van der Waals surface area contributed by atoms with Crippen LogP contribution in [-0.4, -0.2) is 12.6 Å². The predicted octanol–water partition coefficient (Wildman–Crippen LogP) is 2.94. The Balaban J connectivity index is 3.15. The van der Waals surface area contributed by atoms with Gasteiger partial charge in [-0.05, 0) is 50.5 Å². The molecule has 15 heavy (non-hydrogen) atoms. The van der Waals surface area contributed by atoms with Crippen LogP contribution in [0, 0.1) is 6.92 Å². The fourth-order valence-electron chi connectivity index (χ4n) is 1.71. The zero-order valence-electron chi connectivity index (χ0n) is 9.73. The van der Waals surface area contributed by atoms with Gasteiger partial charge < -0.3 is 10.5 Å². The molecular formula is C12H18ClNO. The number of benzene rings is 1. The number of hydrogen-bond donors (Lipinski definition) is 1. The Hall–Kier alpha value is -0.730. The molecule has 0 saturated carbocycles. The molecule has 0 radical (unpaired) electrons. The first-order valence-electron chi connectivity index (χ1n) is 4.95. The van der Waals surface area contributed by atoms with E-state index in [9.17, 15) is 0 Å². The summed E-state index contributed by atoms with van der Waals surface area (Å²) < 4.78 is 5.36. The number of ether oxygens (including phenoxy) is 1. The van der Waals surface area contributed by atoms with E-state index in [1.165, 1.54) is 0 Å². The predicted molar refractivity (Wildman–Crippen MR) is 64.7 cm³/mol. The summed E-state index contributed by atoms with van der Waals surface area (Å²) in [6.07, 6.45) is 0.748. The first kappa shape index (κ1) is 12.3. The van der Waals surface area contributed by atoms with E-state index < -0.39 is 0 Å². The topological polar surface area (TPSA) is 35.2 Å². The van der Waals surface area contributed by atoms with Crippen LogP contribution in [0.4, 0.5) is 0 Å². The van der Waals surface area contributed by atoms with Crippen molar-refractivity contribution in [2.45, 2.75) is 32.7 Å². The number of halogens is 1. The molecule has 0 atom stereocenters. The molecule has 0 spiro atoms. The summed E-state index contributed by atoms with van der Waals surface area (Å²) in [5.74, 6) is 0.887. The summed E-state index contributed by atoms with van der Waals surface area (Å²) in [7, 11) is 1.67. The van der Waals surface area contributed by atoms with E-state index in [-0.39, 0.29) is 5.54 Å². The number of rotatable bonds is 3.